The highest BCUT2D eigenvalue weighted by molar-refractivity contribution is 7.11. The van der Waals surface area contributed by atoms with Crippen molar-refractivity contribution in [2.45, 2.75) is 18.4 Å². The molecule has 2 aromatic rings. The summed E-state index contributed by atoms with van der Waals surface area (Å²) in [5.41, 5.74) is 1.21. The molecule has 1 aromatic heterocycles. The third-order valence-corrected chi connectivity index (χ3v) is 4.18. The molecule has 3 rings (SSSR count). The van der Waals surface area contributed by atoms with Crippen molar-refractivity contribution in [2.24, 2.45) is 0 Å². The van der Waals surface area contributed by atoms with Gasteiger partial charge in [0.25, 0.3) is 0 Å². The molecule has 1 fully saturated rings. The molecule has 78 valence electrons. The SMILES string of the molecule is ClCC1(Nc2snc3ccccc23)CC1. The van der Waals surface area contributed by atoms with Crippen LogP contribution in [0.1, 0.15) is 12.8 Å². The molecule has 0 spiro atoms. The van der Waals surface area contributed by atoms with Crippen LogP contribution in [0.3, 0.4) is 0 Å². The molecule has 0 amide bonds. The number of halogens is 1. The van der Waals surface area contributed by atoms with Crippen molar-refractivity contribution in [1.29, 1.82) is 0 Å². The van der Waals surface area contributed by atoms with Gasteiger partial charge >= 0.3 is 0 Å². The van der Waals surface area contributed by atoms with Crippen LogP contribution in [0.5, 0.6) is 0 Å². The van der Waals surface area contributed by atoms with Gasteiger partial charge in [-0.05, 0) is 36.5 Å². The zero-order chi connectivity index (χ0) is 10.3. The van der Waals surface area contributed by atoms with Gasteiger partial charge in [-0.3, -0.25) is 0 Å². The Balaban J connectivity index is 1.98. The molecule has 0 aliphatic heterocycles. The van der Waals surface area contributed by atoms with E-state index in [1.165, 1.54) is 29.8 Å². The van der Waals surface area contributed by atoms with E-state index in [4.69, 9.17) is 11.6 Å². The number of benzene rings is 1. The predicted octanol–water partition coefficient (Wildman–Crippen LogP) is 3.48. The third-order valence-electron chi connectivity index (χ3n) is 2.87. The molecule has 0 saturated heterocycles. The molecule has 15 heavy (non-hydrogen) atoms. The molecule has 1 heterocycles. The van der Waals surface area contributed by atoms with Crippen molar-refractivity contribution in [3.05, 3.63) is 24.3 Å². The Morgan fingerprint density at radius 2 is 2.20 bits per heavy atom. The maximum atomic E-state index is 5.95. The second-order valence-corrected chi connectivity index (χ2v) is 5.11. The van der Waals surface area contributed by atoms with Gasteiger partial charge in [-0.15, -0.1) is 11.6 Å². The molecular weight excluding hydrogens is 228 g/mol. The Kier molecular flexibility index (Phi) is 2.11. The minimum Gasteiger partial charge on any atom is -0.369 e. The topological polar surface area (TPSA) is 24.9 Å². The minimum absolute atomic E-state index is 0.150. The Hall–Kier alpha value is -0.800. The number of hydrogen-bond acceptors (Lipinski definition) is 3. The summed E-state index contributed by atoms with van der Waals surface area (Å²) < 4.78 is 4.40. The van der Waals surface area contributed by atoms with Crippen LogP contribution in [0.25, 0.3) is 10.9 Å². The predicted molar refractivity (Wildman–Crippen MR) is 65.9 cm³/mol. The van der Waals surface area contributed by atoms with Crippen molar-refractivity contribution in [1.82, 2.24) is 4.37 Å². The lowest BCUT2D eigenvalue weighted by molar-refractivity contribution is 0.844. The van der Waals surface area contributed by atoms with Gasteiger partial charge in [0.2, 0.25) is 0 Å². The number of hydrogen-bond donors (Lipinski definition) is 1. The van der Waals surface area contributed by atoms with Crippen LogP contribution in [0.15, 0.2) is 24.3 Å². The highest BCUT2D eigenvalue weighted by Gasteiger charge is 2.42. The second-order valence-electron chi connectivity index (χ2n) is 4.07. The van der Waals surface area contributed by atoms with Gasteiger partial charge in [-0.1, -0.05) is 12.1 Å². The summed E-state index contributed by atoms with van der Waals surface area (Å²) in [4.78, 5) is 0. The smallest absolute Gasteiger partial charge is 0.117 e. The molecule has 1 N–H and O–H groups in total. The van der Waals surface area contributed by atoms with Gasteiger partial charge in [-0.25, -0.2) is 0 Å². The van der Waals surface area contributed by atoms with Gasteiger partial charge in [0.15, 0.2) is 0 Å². The Labute approximate surface area is 97.4 Å². The van der Waals surface area contributed by atoms with Crippen LogP contribution in [0.2, 0.25) is 0 Å². The fraction of sp³-hybridized carbons (Fsp3) is 0.364. The van der Waals surface area contributed by atoms with Crippen LogP contribution in [-0.4, -0.2) is 15.8 Å². The number of fused-ring (bicyclic) bond motifs is 1. The van der Waals surface area contributed by atoms with E-state index in [0.29, 0.717) is 5.88 Å². The molecule has 4 heteroatoms. The largest absolute Gasteiger partial charge is 0.369 e. The average Bonchev–Trinajstić information content (AvgIpc) is 2.95. The number of rotatable bonds is 3. The van der Waals surface area contributed by atoms with E-state index in [1.807, 2.05) is 18.2 Å². The van der Waals surface area contributed by atoms with Crippen molar-refractivity contribution < 1.29 is 0 Å². The fourth-order valence-electron chi connectivity index (χ4n) is 1.66. The number of alkyl halides is 1. The van der Waals surface area contributed by atoms with Gasteiger partial charge in [0.05, 0.1) is 11.1 Å². The van der Waals surface area contributed by atoms with Gasteiger partial charge in [0.1, 0.15) is 5.00 Å². The number of aromatic nitrogens is 1. The lowest BCUT2D eigenvalue weighted by Gasteiger charge is -2.13. The van der Waals surface area contributed by atoms with Crippen LogP contribution in [0, 0.1) is 0 Å². The summed E-state index contributed by atoms with van der Waals surface area (Å²) in [6.45, 7) is 0. The van der Waals surface area contributed by atoms with E-state index in [1.54, 1.807) is 0 Å². The molecule has 0 atom stereocenters. The first-order valence-electron chi connectivity index (χ1n) is 5.02. The third kappa shape index (κ3) is 1.60. The summed E-state index contributed by atoms with van der Waals surface area (Å²) in [6.07, 6.45) is 2.34. The second kappa shape index (κ2) is 3.35. The first kappa shape index (κ1) is 9.43. The molecule has 0 unspecified atom stereocenters. The molecule has 0 bridgehead atoms. The van der Waals surface area contributed by atoms with E-state index in [0.717, 1.165) is 10.5 Å². The Morgan fingerprint density at radius 1 is 1.40 bits per heavy atom. The first-order chi connectivity index (χ1) is 7.33. The lowest BCUT2D eigenvalue weighted by Crippen LogP contribution is -2.22. The molecular formula is C11H11ClN2S. The van der Waals surface area contributed by atoms with E-state index >= 15 is 0 Å². The Morgan fingerprint density at radius 3 is 2.93 bits per heavy atom. The normalized spacial score (nSPS) is 17.9. The van der Waals surface area contributed by atoms with Crippen molar-refractivity contribution in [2.75, 3.05) is 11.2 Å². The summed E-state index contributed by atoms with van der Waals surface area (Å²) in [5.74, 6) is 0.680. The molecule has 0 radical (unpaired) electrons. The zero-order valence-corrected chi connectivity index (χ0v) is 9.74. The monoisotopic (exact) mass is 238 g/mol. The summed E-state index contributed by atoms with van der Waals surface area (Å²) >= 11 is 7.47. The van der Waals surface area contributed by atoms with Crippen LogP contribution in [-0.2, 0) is 0 Å². The molecule has 1 saturated carbocycles. The molecule has 2 nitrogen and oxygen atoms in total. The van der Waals surface area contributed by atoms with Crippen LogP contribution < -0.4 is 5.32 Å². The standard InChI is InChI=1S/C11H11ClN2S/c12-7-11(5-6-11)13-10-8-3-1-2-4-9(8)14-15-10/h1-4,13H,5-7H2. The van der Waals surface area contributed by atoms with Crippen molar-refractivity contribution in [3.63, 3.8) is 0 Å². The summed E-state index contributed by atoms with van der Waals surface area (Å²) in [5, 5.41) is 5.89. The van der Waals surface area contributed by atoms with Crippen molar-refractivity contribution in [3.8, 4) is 0 Å². The van der Waals surface area contributed by atoms with E-state index in [9.17, 15) is 0 Å². The quantitative estimate of drug-likeness (QED) is 0.829. The number of nitrogens with zero attached hydrogens (tertiary/aromatic N) is 1. The maximum Gasteiger partial charge on any atom is 0.117 e. The van der Waals surface area contributed by atoms with Crippen LogP contribution in [0.4, 0.5) is 5.00 Å². The average molecular weight is 239 g/mol. The number of nitrogens with one attached hydrogen (secondary N) is 1. The zero-order valence-electron chi connectivity index (χ0n) is 8.16. The molecule has 1 aliphatic rings. The summed E-state index contributed by atoms with van der Waals surface area (Å²) in [7, 11) is 0. The highest BCUT2D eigenvalue weighted by atomic mass is 35.5. The first-order valence-corrected chi connectivity index (χ1v) is 6.32. The Bertz CT molecular complexity index is 490. The van der Waals surface area contributed by atoms with E-state index in [-0.39, 0.29) is 5.54 Å². The van der Waals surface area contributed by atoms with Gasteiger partial charge < -0.3 is 5.32 Å². The summed E-state index contributed by atoms with van der Waals surface area (Å²) in [6, 6.07) is 8.20. The molecule has 1 aliphatic carbocycles. The van der Waals surface area contributed by atoms with E-state index in [2.05, 4.69) is 15.8 Å². The fourth-order valence-corrected chi connectivity index (χ4v) is 2.88. The van der Waals surface area contributed by atoms with E-state index < -0.39 is 0 Å². The van der Waals surface area contributed by atoms with Gasteiger partial charge in [0, 0.05) is 11.3 Å². The van der Waals surface area contributed by atoms with Crippen LogP contribution >= 0.6 is 23.1 Å². The van der Waals surface area contributed by atoms with Gasteiger partial charge in [-0.2, -0.15) is 4.37 Å². The lowest BCUT2D eigenvalue weighted by atomic mass is 10.2. The minimum atomic E-state index is 0.150. The maximum absolute atomic E-state index is 5.95. The molecule has 1 aromatic carbocycles. The number of anilines is 1. The van der Waals surface area contributed by atoms with Crippen molar-refractivity contribution >= 4 is 39.0 Å². The highest BCUT2D eigenvalue weighted by Crippen LogP contribution is 2.42.